The van der Waals surface area contributed by atoms with Gasteiger partial charge in [0.15, 0.2) is 0 Å². The average Bonchev–Trinajstić information content (AvgIpc) is 2.83. The van der Waals surface area contributed by atoms with Gasteiger partial charge in [0.25, 0.3) is 0 Å². The summed E-state index contributed by atoms with van der Waals surface area (Å²) >= 11 is 7.71. The van der Waals surface area contributed by atoms with Crippen LogP contribution >= 0.6 is 22.9 Å². The van der Waals surface area contributed by atoms with Crippen molar-refractivity contribution in [3.8, 4) is 0 Å². The summed E-state index contributed by atoms with van der Waals surface area (Å²) in [5.74, 6) is 0. The van der Waals surface area contributed by atoms with E-state index in [0.717, 1.165) is 37.1 Å². The van der Waals surface area contributed by atoms with Gasteiger partial charge in [-0.2, -0.15) is 0 Å². The third kappa shape index (κ3) is 4.17. The standard InChI is InChI=1S/C14H23ClN2OS/c1-3-7-17-8-9-18-11(10-17)14(16-4-2)12-5-6-13(15)19-12/h5-6,11,14,16H,3-4,7-10H2,1-2H3. The molecule has 2 unspecified atom stereocenters. The number of hydrogen-bond acceptors (Lipinski definition) is 4. The SMILES string of the molecule is CCCN1CCOC(C(NCC)c2ccc(Cl)s2)C1. The lowest BCUT2D eigenvalue weighted by atomic mass is 10.1. The Hall–Kier alpha value is -0.130. The quantitative estimate of drug-likeness (QED) is 0.873. The van der Waals surface area contributed by atoms with Gasteiger partial charge in [0.1, 0.15) is 0 Å². The molecule has 0 bridgehead atoms. The Kier molecular flexibility index (Phi) is 6.10. The molecular weight excluding hydrogens is 280 g/mol. The number of morpholine rings is 1. The third-order valence-electron chi connectivity index (χ3n) is 3.41. The van der Waals surface area contributed by atoms with Crippen molar-refractivity contribution >= 4 is 22.9 Å². The fourth-order valence-electron chi connectivity index (χ4n) is 2.58. The van der Waals surface area contributed by atoms with Gasteiger partial charge in [0.2, 0.25) is 0 Å². The molecule has 2 atom stereocenters. The van der Waals surface area contributed by atoms with Crippen LogP contribution in [0.5, 0.6) is 0 Å². The first-order valence-corrected chi connectivity index (χ1v) is 8.26. The lowest BCUT2D eigenvalue weighted by Gasteiger charge is -2.37. The summed E-state index contributed by atoms with van der Waals surface area (Å²) in [7, 11) is 0. The highest BCUT2D eigenvalue weighted by atomic mass is 35.5. The van der Waals surface area contributed by atoms with Crippen LogP contribution in [-0.2, 0) is 4.74 Å². The zero-order valence-electron chi connectivity index (χ0n) is 11.7. The second kappa shape index (κ2) is 7.60. The van der Waals surface area contributed by atoms with E-state index in [1.807, 2.05) is 6.07 Å². The van der Waals surface area contributed by atoms with Gasteiger partial charge in [-0.05, 0) is 31.6 Å². The second-order valence-corrected chi connectivity index (χ2v) is 6.63. The first-order valence-electron chi connectivity index (χ1n) is 7.07. The predicted molar refractivity (Wildman–Crippen MR) is 82.2 cm³/mol. The molecule has 0 saturated carbocycles. The van der Waals surface area contributed by atoms with Gasteiger partial charge in [-0.3, -0.25) is 4.90 Å². The maximum atomic E-state index is 6.06. The van der Waals surface area contributed by atoms with Crippen LogP contribution in [0.15, 0.2) is 12.1 Å². The molecule has 1 aromatic heterocycles. The number of rotatable bonds is 6. The molecule has 0 amide bonds. The van der Waals surface area contributed by atoms with Gasteiger partial charge in [0, 0.05) is 18.0 Å². The summed E-state index contributed by atoms with van der Waals surface area (Å²) < 4.78 is 6.84. The Morgan fingerprint density at radius 3 is 3.00 bits per heavy atom. The molecule has 0 radical (unpaired) electrons. The van der Waals surface area contributed by atoms with Crippen LogP contribution in [-0.4, -0.2) is 43.8 Å². The highest BCUT2D eigenvalue weighted by Gasteiger charge is 2.29. The zero-order chi connectivity index (χ0) is 13.7. The number of nitrogens with zero attached hydrogens (tertiary/aromatic N) is 1. The summed E-state index contributed by atoms with van der Waals surface area (Å²) in [5.41, 5.74) is 0. The lowest BCUT2D eigenvalue weighted by molar-refractivity contribution is -0.0462. The van der Waals surface area contributed by atoms with Gasteiger partial charge >= 0.3 is 0 Å². The largest absolute Gasteiger partial charge is 0.374 e. The van der Waals surface area contributed by atoms with E-state index in [-0.39, 0.29) is 12.1 Å². The first-order chi connectivity index (χ1) is 9.24. The summed E-state index contributed by atoms with van der Waals surface area (Å²) in [4.78, 5) is 3.77. The van der Waals surface area contributed by atoms with E-state index in [0.29, 0.717) is 0 Å². The van der Waals surface area contributed by atoms with Crippen molar-refractivity contribution < 1.29 is 4.74 Å². The Labute approximate surface area is 124 Å². The van der Waals surface area contributed by atoms with Crippen molar-refractivity contribution in [1.82, 2.24) is 10.2 Å². The Bertz CT molecular complexity index is 383. The monoisotopic (exact) mass is 302 g/mol. The van der Waals surface area contributed by atoms with Gasteiger partial charge < -0.3 is 10.1 Å². The minimum Gasteiger partial charge on any atom is -0.374 e. The smallest absolute Gasteiger partial charge is 0.0931 e. The Balaban J connectivity index is 2.05. The summed E-state index contributed by atoms with van der Waals surface area (Å²) in [5, 5.41) is 3.54. The molecule has 108 valence electrons. The van der Waals surface area contributed by atoms with Crippen molar-refractivity contribution in [2.24, 2.45) is 0 Å². The Morgan fingerprint density at radius 1 is 1.53 bits per heavy atom. The maximum absolute atomic E-state index is 6.06. The normalized spacial score (nSPS) is 22.6. The predicted octanol–water partition coefficient (Wildman–Crippen LogP) is 3.16. The Morgan fingerprint density at radius 2 is 2.37 bits per heavy atom. The molecule has 0 aromatic carbocycles. The summed E-state index contributed by atoms with van der Waals surface area (Å²) in [6.07, 6.45) is 1.42. The van der Waals surface area contributed by atoms with Crippen LogP contribution in [0.1, 0.15) is 31.2 Å². The molecule has 2 heterocycles. The number of likely N-dealkylation sites (N-methyl/N-ethyl adjacent to an activating group) is 1. The highest BCUT2D eigenvalue weighted by molar-refractivity contribution is 7.16. The van der Waals surface area contributed by atoms with Crippen molar-refractivity contribution in [3.63, 3.8) is 0 Å². The minimum atomic E-state index is 0.218. The van der Waals surface area contributed by atoms with E-state index in [2.05, 4.69) is 30.1 Å². The van der Waals surface area contributed by atoms with Gasteiger partial charge in [0.05, 0.1) is 23.1 Å². The van der Waals surface area contributed by atoms with E-state index < -0.39 is 0 Å². The number of ether oxygens (including phenoxy) is 1. The molecule has 19 heavy (non-hydrogen) atoms. The first kappa shape index (κ1) is 15.3. The molecular formula is C14H23ClN2OS. The van der Waals surface area contributed by atoms with Crippen molar-refractivity contribution in [1.29, 1.82) is 0 Å². The molecule has 2 rings (SSSR count). The number of nitrogens with one attached hydrogen (secondary N) is 1. The molecule has 1 saturated heterocycles. The van der Waals surface area contributed by atoms with Crippen LogP contribution in [0.2, 0.25) is 4.34 Å². The highest BCUT2D eigenvalue weighted by Crippen LogP contribution is 2.31. The molecule has 1 aromatic rings. The van der Waals surface area contributed by atoms with Crippen molar-refractivity contribution in [2.45, 2.75) is 32.4 Å². The van der Waals surface area contributed by atoms with E-state index in [9.17, 15) is 0 Å². The fraction of sp³-hybridized carbons (Fsp3) is 0.714. The molecule has 3 nitrogen and oxygen atoms in total. The van der Waals surface area contributed by atoms with E-state index in [1.54, 1.807) is 11.3 Å². The van der Waals surface area contributed by atoms with Crippen LogP contribution in [0, 0.1) is 0 Å². The minimum absolute atomic E-state index is 0.218. The average molecular weight is 303 g/mol. The molecule has 1 aliphatic rings. The third-order valence-corrected chi connectivity index (χ3v) is 4.73. The summed E-state index contributed by atoms with van der Waals surface area (Å²) in [6.45, 7) is 9.33. The number of halogens is 1. The van der Waals surface area contributed by atoms with Gasteiger partial charge in [-0.25, -0.2) is 0 Å². The lowest BCUT2D eigenvalue weighted by Crippen LogP contribution is -2.48. The van der Waals surface area contributed by atoms with Crippen LogP contribution in [0.4, 0.5) is 0 Å². The van der Waals surface area contributed by atoms with E-state index in [1.165, 1.54) is 11.3 Å². The van der Waals surface area contributed by atoms with E-state index in [4.69, 9.17) is 16.3 Å². The fourth-order valence-corrected chi connectivity index (χ4v) is 3.77. The number of hydrogen-bond donors (Lipinski definition) is 1. The van der Waals surface area contributed by atoms with E-state index >= 15 is 0 Å². The van der Waals surface area contributed by atoms with Gasteiger partial charge in [-0.15, -0.1) is 11.3 Å². The topological polar surface area (TPSA) is 24.5 Å². The van der Waals surface area contributed by atoms with Crippen LogP contribution in [0.25, 0.3) is 0 Å². The van der Waals surface area contributed by atoms with Crippen molar-refractivity contribution in [3.05, 3.63) is 21.3 Å². The molecule has 0 aliphatic carbocycles. The zero-order valence-corrected chi connectivity index (χ0v) is 13.3. The molecule has 1 fully saturated rings. The number of thiophene rings is 1. The molecule has 0 spiro atoms. The van der Waals surface area contributed by atoms with Crippen LogP contribution < -0.4 is 5.32 Å². The van der Waals surface area contributed by atoms with Gasteiger partial charge in [-0.1, -0.05) is 25.4 Å². The molecule has 1 aliphatic heterocycles. The van der Waals surface area contributed by atoms with Crippen LogP contribution in [0.3, 0.4) is 0 Å². The van der Waals surface area contributed by atoms with Crippen molar-refractivity contribution in [2.75, 3.05) is 32.8 Å². The molecule has 1 N–H and O–H groups in total. The molecule has 5 heteroatoms. The second-order valence-electron chi connectivity index (χ2n) is 4.89. The summed E-state index contributed by atoms with van der Waals surface area (Å²) in [6, 6.07) is 4.34. The maximum Gasteiger partial charge on any atom is 0.0931 e.